The van der Waals surface area contributed by atoms with Gasteiger partial charge >= 0.3 is 5.97 Å². The van der Waals surface area contributed by atoms with Gasteiger partial charge in [0.1, 0.15) is 6.54 Å². The van der Waals surface area contributed by atoms with Crippen LogP contribution in [0.4, 0.5) is 5.13 Å². The van der Waals surface area contributed by atoms with Gasteiger partial charge in [-0.3, -0.25) is 9.59 Å². The van der Waals surface area contributed by atoms with Gasteiger partial charge in [-0.1, -0.05) is 66.2 Å². The van der Waals surface area contributed by atoms with Crippen molar-refractivity contribution in [1.29, 1.82) is 0 Å². The van der Waals surface area contributed by atoms with E-state index in [2.05, 4.69) is 17.0 Å². The molecular weight excluding hydrogens is 494 g/mol. The summed E-state index contributed by atoms with van der Waals surface area (Å²) in [5, 5.41) is 12.6. The second-order valence-corrected chi connectivity index (χ2v) is 9.70. The number of thiazole rings is 1. The lowest BCUT2D eigenvalue weighted by atomic mass is 10.1. The molecule has 1 amide bonds. The van der Waals surface area contributed by atoms with Gasteiger partial charge in [0.25, 0.3) is 5.91 Å². The maximum atomic E-state index is 12.5. The lowest BCUT2D eigenvalue weighted by Crippen LogP contribution is -2.31. The molecule has 0 bridgehead atoms. The molecule has 0 aliphatic rings. The lowest BCUT2D eigenvalue weighted by molar-refractivity contribution is -0.137. The van der Waals surface area contributed by atoms with Crippen molar-refractivity contribution in [3.63, 3.8) is 0 Å². The summed E-state index contributed by atoms with van der Waals surface area (Å²) < 4.78 is 0. The van der Waals surface area contributed by atoms with E-state index in [0.29, 0.717) is 17.1 Å². The number of aromatic nitrogens is 1. The molecule has 0 radical (unpaired) electrons. The monoisotopic (exact) mass is 519 g/mol. The maximum absolute atomic E-state index is 12.5. The third-order valence-corrected chi connectivity index (χ3v) is 6.86. The molecule has 8 heteroatoms. The highest BCUT2D eigenvalue weighted by atomic mass is 35.5. The molecule has 6 nitrogen and oxygen atoms in total. The van der Waals surface area contributed by atoms with Crippen LogP contribution in [0.5, 0.6) is 0 Å². The van der Waals surface area contributed by atoms with E-state index in [4.69, 9.17) is 21.7 Å². The van der Waals surface area contributed by atoms with Gasteiger partial charge in [-0.2, -0.15) is 0 Å². The number of aliphatic carboxylic acids is 1. The van der Waals surface area contributed by atoms with Crippen LogP contribution in [-0.4, -0.2) is 47.0 Å². The van der Waals surface area contributed by atoms with Gasteiger partial charge in [0.05, 0.1) is 5.69 Å². The first-order valence-corrected chi connectivity index (χ1v) is 12.7. The molecule has 0 aliphatic carbocycles. The van der Waals surface area contributed by atoms with Crippen LogP contribution in [0.2, 0.25) is 5.02 Å². The molecule has 3 aromatic carbocycles. The van der Waals surface area contributed by atoms with Gasteiger partial charge in [0.15, 0.2) is 5.13 Å². The number of benzene rings is 3. The molecular formula is C28H26ClN3O3S. The predicted molar refractivity (Wildman–Crippen MR) is 145 cm³/mol. The summed E-state index contributed by atoms with van der Waals surface area (Å²) in [6.45, 7) is 1.06. The van der Waals surface area contributed by atoms with Gasteiger partial charge in [-0.25, -0.2) is 4.98 Å². The Balaban J connectivity index is 1.52. The smallest absolute Gasteiger partial charge is 0.323 e. The van der Waals surface area contributed by atoms with Crippen molar-refractivity contribution >= 4 is 39.9 Å². The topological polar surface area (TPSA) is 73.7 Å². The molecule has 1 aromatic heterocycles. The summed E-state index contributed by atoms with van der Waals surface area (Å²) >= 11 is 7.63. The molecule has 4 rings (SSSR count). The van der Waals surface area contributed by atoms with Crippen molar-refractivity contribution in [2.24, 2.45) is 0 Å². The summed E-state index contributed by atoms with van der Waals surface area (Å²) in [4.78, 5) is 31.7. The van der Waals surface area contributed by atoms with Crippen LogP contribution in [0.3, 0.4) is 0 Å². The Bertz CT molecular complexity index is 1310. The highest BCUT2D eigenvalue weighted by Crippen LogP contribution is 2.29. The maximum Gasteiger partial charge on any atom is 0.323 e. The van der Waals surface area contributed by atoms with E-state index in [9.17, 15) is 9.59 Å². The number of carboxylic acids is 1. The predicted octanol–water partition coefficient (Wildman–Crippen LogP) is 5.87. The van der Waals surface area contributed by atoms with Crippen molar-refractivity contribution in [2.45, 2.75) is 13.0 Å². The SMILES string of the molecule is CN(CC(=O)O)C(=O)c1ccc(CN(CCc2ccccc2)c2nc(-c3ccc(Cl)cc3)cs2)cc1. The summed E-state index contributed by atoms with van der Waals surface area (Å²) in [6.07, 6.45) is 0.868. The quantitative estimate of drug-likeness (QED) is 0.283. The van der Waals surface area contributed by atoms with Gasteiger partial charge in [0, 0.05) is 41.7 Å². The number of rotatable bonds is 10. The third-order valence-electron chi connectivity index (χ3n) is 5.71. The van der Waals surface area contributed by atoms with Gasteiger partial charge in [-0.05, 0) is 41.8 Å². The Morgan fingerprint density at radius 3 is 2.31 bits per heavy atom. The third kappa shape index (κ3) is 6.71. The Morgan fingerprint density at radius 2 is 1.64 bits per heavy atom. The molecule has 1 heterocycles. The molecule has 1 N–H and O–H groups in total. The van der Waals surface area contributed by atoms with Gasteiger partial charge in [0.2, 0.25) is 0 Å². The van der Waals surface area contributed by atoms with E-state index >= 15 is 0 Å². The first kappa shape index (κ1) is 25.4. The van der Waals surface area contributed by atoms with Crippen LogP contribution in [0.1, 0.15) is 21.5 Å². The number of amides is 1. The molecule has 0 saturated carbocycles. The van der Waals surface area contributed by atoms with Crippen molar-refractivity contribution < 1.29 is 14.7 Å². The van der Waals surface area contributed by atoms with Gasteiger partial charge < -0.3 is 14.9 Å². The number of carboxylic acid groups (broad SMARTS) is 1. The van der Waals surface area contributed by atoms with E-state index in [-0.39, 0.29) is 12.5 Å². The zero-order chi connectivity index (χ0) is 25.5. The van der Waals surface area contributed by atoms with E-state index in [0.717, 1.165) is 34.9 Å². The standard InChI is InChI=1S/C28H26ClN3O3S/c1-31(18-26(33)34)27(35)23-9-7-21(8-10-23)17-32(16-15-20-5-3-2-4-6-20)28-30-25(19-36-28)22-11-13-24(29)14-12-22/h2-14,19H,15-18H2,1H3,(H,33,34). The van der Waals surface area contributed by atoms with Crippen LogP contribution in [0.25, 0.3) is 11.3 Å². The zero-order valence-electron chi connectivity index (χ0n) is 19.8. The summed E-state index contributed by atoms with van der Waals surface area (Å²) in [6, 6.07) is 25.3. The molecule has 0 unspecified atom stereocenters. The lowest BCUT2D eigenvalue weighted by Gasteiger charge is -2.22. The van der Waals surface area contributed by atoms with E-state index in [1.54, 1.807) is 23.5 Å². The highest BCUT2D eigenvalue weighted by molar-refractivity contribution is 7.14. The van der Waals surface area contributed by atoms with Crippen LogP contribution in [0, 0.1) is 0 Å². The van der Waals surface area contributed by atoms with Crippen molar-refractivity contribution in [3.05, 3.63) is 106 Å². The molecule has 0 fully saturated rings. The fourth-order valence-electron chi connectivity index (χ4n) is 3.78. The molecule has 0 aliphatic heterocycles. The number of anilines is 1. The molecule has 0 atom stereocenters. The molecule has 0 spiro atoms. The minimum Gasteiger partial charge on any atom is -0.480 e. The van der Waals surface area contributed by atoms with E-state index < -0.39 is 5.97 Å². The first-order chi connectivity index (χ1) is 17.4. The van der Waals surface area contributed by atoms with Gasteiger partial charge in [-0.15, -0.1) is 11.3 Å². The Hall–Kier alpha value is -3.68. The summed E-state index contributed by atoms with van der Waals surface area (Å²) in [5.41, 5.74) is 4.65. The Labute approximate surface area is 219 Å². The number of likely N-dealkylation sites (N-methyl/N-ethyl adjacent to an activating group) is 1. The number of nitrogens with zero attached hydrogens (tertiary/aromatic N) is 3. The van der Waals surface area contributed by atoms with Crippen molar-refractivity contribution in [3.8, 4) is 11.3 Å². The fraction of sp³-hybridized carbons (Fsp3) is 0.179. The fourth-order valence-corrected chi connectivity index (χ4v) is 4.77. The van der Waals surface area contributed by atoms with E-state index in [1.165, 1.54) is 17.5 Å². The average Bonchev–Trinajstić information content (AvgIpc) is 3.37. The average molecular weight is 520 g/mol. The van der Waals surface area contributed by atoms with Crippen molar-refractivity contribution in [1.82, 2.24) is 9.88 Å². The number of carbonyl (C=O) groups is 2. The Morgan fingerprint density at radius 1 is 0.944 bits per heavy atom. The van der Waals surface area contributed by atoms with Crippen LogP contribution < -0.4 is 4.90 Å². The molecule has 36 heavy (non-hydrogen) atoms. The molecule has 184 valence electrons. The van der Waals surface area contributed by atoms with E-state index in [1.807, 2.05) is 60.0 Å². The Kier molecular flexibility index (Phi) is 8.36. The first-order valence-electron chi connectivity index (χ1n) is 11.5. The molecule has 0 saturated heterocycles. The number of hydrogen-bond donors (Lipinski definition) is 1. The van der Waals surface area contributed by atoms with Crippen LogP contribution in [0.15, 0.2) is 84.2 Å². The largest absolute Gasteiger partial charge is 0.480 e. The summed E-state index contributed by atoms with van der Waals surface area (Å²) in [7, 11) is 1.48. The van der Waals surface area contributed by atoms with Crippen LogP contribution >= 0.6 is 22.9 Å². The zero-order valence-corrected chi connectivity index (χ0v) is 21.4. The minimum atomic E-state index is -1.04. The number of carbonyl (C=O) groups excluding carboxylic acids is 1. The number of halogens is 1. The second-order valence-electron chi connectivity index (χ2n) is 8.43. The molecule has 4 aromatic rings. The van der Waals surface area contributed by atoms with Crippen molar-refractivity contribution in [2.75, 3.05) is 25.0 Å². The second kappa shape index (κ2) is 11.8. The number of hydrogen-bond acceptors (Lipinski definition) is 5. The summed E-state index contributed by atoms with van der Waals surface area (Å²) in [5.74, 6) is -1.37. The normalized spacial score (nSPS) is 10.7. The highest BCUT2D eigenvalue weighted by Gasteiger charge is 2.16. The minimum absolute atomic E-state index is 0.322. The van der Waals surface area contributed by atoms with Crippen LogP contribution in [-0.2, 0) is 17.8 Å².